The molecule has 2 fully saturated rings. The summed E-state index contributed by atoms with van der Waals surface area (Å²) < 4.78 is 31.3. The van der Waals surface area contributed by atoms with Crippen molar-refractivity contribution in [1.29, 1.82) is 0 Å². The number of nitrogens with zero attached hydrogens (tertiary/aromatic N) is 3. The van der Waals surface area contributed by atoms with E-state index in [0.717, 1.165) is 30.2 Å². The predicted octanol–water partition coefficient (Wildman–Crippen LogP) is 2.04. The van der Waals surface area contributed by atoms with Gasteiger partial charge in [0.25, 0.3) is 0 Å². The van der Waals surface area contributed by atoms with E-state index in [9.17, 15) is 13.2 Å². The number of hydrogen-bond donors (Lipinski definition) is 1. The highest BCUT2D eigenvalue weighted by Gasteiger charge is 2.30. The molecular weight excluding hydrogens is 380 g/mol. The molecule has 0 aromatic heterocycles. The van der Waals surface area contributed by atoms with Crippen LogP contribution in [-0.2, 0) is 10.0 Å². The maximum atomic E-state index is 12.9. The van der Waals surface area contributed by atoms with Crippen molar-refractivity contribution in [3.63, 3.8) is 0 Å². The van der Waals surface area contributed by atoms with Gasteiger partial charge in [0, 0.05) is 33.2 Å². The second-order valence-electron chi connectivity index (χ2n) is 7.56. The predicted molar refractivity (Wildman–Crippen MR) is 108 cm³/mol. The zero-order chi connectivity index (χ0) is 20.3. The molecule has 0 spiro atoms. The Morgan fingerprint density at radius 1 is 1.18 bits per heavy atom. The molecule has 0 radical (unpaired) electrons. The molecule has 2 aliphatic rings. The molecule has 8 nitrogen and oxygen atoms in total. The Labute approximate surface area is 167 Å². The highest BCUT2D eigenvalue weighted by Crippen LogP contribution is 2.29. The molecule has 1 N–H and O–H groups in total. The molecule has 28 heavy (non-hydrogen) atoms. The van der Waals surface area contributed by atoms with Gasteiger partial charge >= 0.3 is 6.03 Å². The molecule has 1 aromatic carbocycles. The number of anilines is 1. The molecule has 1 atom stereocenters. The van der Waals surface area contributed by atoms with Crippen LogP contribution in [-0.4, -0.2) is 82.0 Å². The average Bonchev–Trinajstić information content (AvgIpc) is 3.22. The lowest BCUT2D eigenvalue weighted by atomic mass is 10.0. The van der Waals surface area contributed by atoms with E-state index < -0.39 is 10.0 Å². The van der Waals surface area contributed by atoms with E-state index in [1.54, 1.807) is 6.07 Å². The Balaban J connectivity index is 1.75. The van der Waals surface area contributed by atoms with Crippen molar-refractivity contribution >= 4 is 21.7 Å². The van der Waals surface area contributed by atoms with Gasteiger partial charge in [0.1, 0.15) is 5.75 Å². The SMILES string of the molecule is COc1ccc(S(=O)(=O)N(C)C)cc1NC(=O)N1CCC[C@@H](N2CCCC2)C1. The molecule has 0 unspecified atom stereocenters. The van der Waals surface area contributed by atoms with Gasteiger partial charge in [-0.3, -0.25) is 4.90 Å². The van der Waals surface area contributed by atoms with E-state index in [-0.39, 0.29) is 10.9 Å². The van der Waals surface area contributed by atoms with E-state index in [1.165, 1.54) is 46.2 Å². The Hall–Kier alpha value is -1.84. The van der Waals surface area contributed by atoms with E-state index in [4.69, 9.17) is 4.74 Å². The summed E-state index contributed by atoms with van der Waals surface area (Å²) in [6, 6.07) is 4.68. The third kappa shape index (κ3) is 4.42. The molecule has 2 heterocycles. The third-order valence-electron chi connectivity index (χ3n) is 5.53. The van der Waals surface area contributed by atoms with Crippen LogP contribution in [0.5, 0.6) is 5.75 Å². The highest BCUT2D eigenvalue weighted by atomic mass is 32.2. The summed E-state index contributed by atoms with van der Waals surface area (Å²) >= 11 is 0. The lowest BCUT2D eigenvalue weighted by molar-refractivity contribution is 0.131. The minimum Gasteiger partial charge on any atom is -0.495 e. The van der Waals surface area contributed by atoms with Crippen LogP contribution < -0.4 is 10.1 Å². The van der Waals surface area contributed by atoms with Crippen LogP contribution in [0.4, 0.5) is 10.5 Å². The first kappa shape index (κ1) is 20.9. The summed E-state index contributed by atoms with van der Waals surface area (Å²) in [6.45, 7) is 3.62. The average molecular weight is 411 g/mol. The van der Waals surface area contributed by atoms with Gasteiger partial charge < -0.3 is 15.0 Å². The lowest BCUT2D eigenvalue weighted by Crippen LogP contribution is -2.50. The third-order valence-corrected chi connectivity index (χ3v) is 7.34. The van der Waals surface area contributed by atoms with Crippen LogP contribution in [0.3, 0.4) is 0 Å². The van der Waals surface area contributed by atoms with Gasteiger partial charge in [-0.25, -0.2) is 17.5 Å². The van der Waals surface area contributed by atoms with Crippen molar-refractivity contribution in [2.45, 2.75) is 36.6 Å². The van der Waals surface area contributed by atoms with Gasteiger partial charge in [0.05, 0.1) is 17.7 Å². The zero-order valence-electron chi connectivity index (χ0n) is 16.8. The normalized spacial score (nSPS) is 21.1. The van der Waals surface area contributed by atoms with E-state index in [1.807, 2.05) is 4.90 Å². The summed E-state index contributed by atoms with van der Waals surface area (Å²) in [4.78, 5) is 17.3. The number of sulfonamides is 1. The molecule has 0 aliphatic carbocycles. The smallest absolute Gasteiger partial charge is 0.322 e. The standard InChI is InChI=1S/C19H30N4O4S/c1-21(2)28(25,26)16-8-9-18(27-3)17(13-16)20-19(24)23-12-6-7-15(14-23)22-10-4-5-11-22/h8-9,13,15H,4-7,10-12,14H2,1-3H3,(H,20,24)/t15-/m1/s1. The van der Waals surface area contributed by atoms with Gasteiger partial charge in [-0.05, 0) is 57.0 Å². The Morgan fingerprint density at radius 2 is 1.89 bits per heavy atom. The minimum absolute atomic E-state index is 0.113. The lowest BCUT2D eigenvalue weighted by Gasteiger charge is -2.37. The first-order valence-corrected chi connectivity index (χ1v) is 11.2. The Kier molecular flexibility index (Phi) is 6.47. The molecular formula is C19H30N4O4S. The van der Waals surface area contributed by atoms with Gasteiger partial charge in [-0.2, -0.15) is 0 Å². The molecule has 0 bridgehead atoms. The zero-order valence-corrected chi connectivity index (χ0v) is 17.7. The largest absolute Gasteiger partial charge is 0.495 e. The van der Waals surface area contributed by atoms with Crippen LogP contribution in [0, 0.1) is 0 Å². The molecule has 2 saturated heterocycles. The van der Waals surface area contributed by atoms with Crippen molar-refractivity contribution in [2.75, 3.05) is 52.7 Å². The Morgan fingerprint density at radius 3 is 2.54 bits per heavy atom. The second-order valence-corrected chi connectivity index (χ2v) is 9.72. The topological polar surface area (TPSA) is 82.2 Å². The maximum absolute atomic E-state index is 12.9. The summed E-state index contributed by atoms with van der Waals surface area (Å²) in [5, 5.41) is 2.85. The van der Waals surface area contributed by atoms with Crippen LogP contribution in [0.1, 0.15) is 25.7 Å². The fourth-order valence-electron chi connectivity index (χ4n) is 3.89. The van der Waals surface area contributed by atoms with E-state index in [0.29, 0.717) is 30.6 Å². The van der Waals surface area contributed by atoms with Crippen molar-refractivity contribution in [1.82, 2.24) is 14.1 Å². The monoisotopic (exact) mass is 410 g/mol. The number of urea groups is 1. The number of benzene rings is 1. The van der Waals surface area contributed by atoms with Gasteiger partial charge in [0.2, 0.25) is 10.0 Å². The number of carbonyl (C=O) groups is 1. The molecule has 0 saturated carbocycles. The first-order valence-electron chi connectivity index (χ1n) is 9.73. The summed E-state index contributed by atoms with van der Waals surface area (Å²) in [5.74, 6) is 0.430. The quantitative estimate of drug-likeness (QED) is 0.803. The van der Waals surface area contributed by atoms with Crippen LogP contribution in [0.15, 0.2) is 23.1 Å². The van der Waals surface area contributed by atoms with Gasteiger partial charge in [-0.1, -0.05) is 0 Å². The number of rotatable bonds is 5. The number of ether oxygens (including phenoxy) is 1. The van der Waals surface area contributed by atoms with Crippen molar-refractivity contribution in [3.8, 4) is 5.75 Å². The number of carbonyl (C=O) groups excluding carboxylic acids is 1. The Bertz CT molecular complexity index is 806. The summed E-state index contributed by atoms with van der Waals surface area (Å²) in [7, 11) is 0.849. The molecule has 1 aromatic rings. The number of methoxy groups -OCH3 is 1. The minimum atomic E-state index is -3.60. The molecule has 3 rings (SSSR count). The van der Waals surface area contributed by atoms with E-state index in [2.05, 4.69) is 10.2 Å². The molecule has 2 amide bonds. The van der Waals surface area contributed by atoms with Crippen molar-refractivity contribution in [2.24, 2.45) is 0 Å². The number of amides is 2. The van der Waals surface area contributed by atoms with Gasteiger partial charge in [-0.15, -0.1) is 0 Å². The van der Waals surface area contributed by atoms with Crippen LogP contribution in [0.25, 0.3) is 0 Å². The number of piperidine rings is 1. The van der Waals surface area contributed by atoms with Crippen LogP contribution >= 0.6 is 0 Å². The summed E-state index contributed by atoms with van der Waals surface area (Å²) in [6.07, 6.45) is 4.55. The fraction of sp³-hybridized carbons (Fsp3) is 0.632. The number of nitrogens with one attached hydrogen (secondary N) is 1. The highest BCUT2D eigenvalue weighted by molar-refractivity contribution is 7.89. The second kappa shape index (κ2) is 8.67. The van der Waals surface area contributed by atoms with Crippen molar-refractivity contribution < 1.29 is 17.9 Å². The molecule has 9 heteroatoms. The van der Waals surface area contributed by atoms with Crippen molar-refractivity contribution in [3.05, 3.63) is 18.2 Å². The number of hydrogen-bond acceptors (Lipinski definition) is 5. The van der Waals surface area contributed by atoms with Crippen LogP contribution in [0.2, 0.25) is 0 Å². The number of likely N-dealkylation sites (tertiary alicyclic amines) is 2. The molecule has 2 aliphatic heterocycles. The first-order chi connectivity index (χ1) is 13.3. The molecule has 156 valence electrons. The maximum Gasteiger partial charge on any atom is 0.322 e. The fourth-order valence-corrected chi connectivity index (χ4v) is 4.82. The van der Waals surface area contributed by atoms with E-state index >= 15 is 0 Å². The summed E-state index contributed by atoms with van der Waals surface area (Å²) in [5.41, 5.74) is 0.360. The van der Waals surface area contributed by atoms with Gasteiger partial charge in [0.15, 0.2) is 0 Å².